The fourth-order valence-electron chi connectivity index (χ4n) is 4.82. The van der Waals surface area contributed by atoms with Gasteiger partial charge in [-0.3, -0.25) is 14.4 Å². The maximum absolute atomic E-state index is 12.5. The van der Waals surface area contributed by atoms with Gasteiger partial charge < -0.3 is 33.2 Å². The molecule has 0 unspecified atom stereocenters. The predicted octanol–water partition coefficient (Wildman–Crippen LogP) is 3.40. The monoisotopic (exact) mass is 544 g/mol. The first-order valence-electron chi connectivity index (χ1n) is 13.3. The van der Waals surface area contributed by atoms with Crippen molar-refractivity contribution in [2.24, 2.45) is 0 Å². The first-order chi connectivity index (χ1) is 17.4. The van der Waals surface area contributed by atoms with Crippen LogP contribution in [-0.2, 0) is 42.5 Å². The van der Waals surface area contributed by atoms with Crippen LogP contribution in [0.2, 0.25) is 18.1 Å². The zero-order valence-electron chi connectivity index (χ0n) is 23.1. The van der Waals surface area contributed by atoms with Crippen LogP contribution in [0.5, 0.6) is 0 Å². The molecule has 0 aromatic heterocycles. The first kappa shape index (κ1) is 31.4. The number of aliphatic hydroxyl groups is 1. The fourth-order valence-corrected chi connectivity index (χ4v) is 7.70. The Labute approximate surface area is 221 Å². The molecule has 8 atom stereocenters. The van der Waals surface area contributed by atoms with Gasteiger partial charge in [-0.25, -0.2) is 0 Å². The number of hydrogen-bond acceptors (Lipinski definition) is 10. The van der Waals surface area contributed by atoms with Crippen LogP contribution in [0.25, 0.3) is 0 Å². The van der Waals surface area contributed by atoms with Gasteiger partial charge in [0.2, 0.25) is 0 Å². The molecule has 0 saturated carbocycles. The van der Waals surface area contributed by atoms with E-state index in [1.807, 2.05) is 0 Å². The SMILES string of the molecule is CC[Si](CC)(CC)O[C@H]1C[C@H](O[C@@H]2/C=C/[C@H](OC(C)=O)[C@@H](OC(C)=O)CC(=O)O[C@H](C)C2)O[C@@H](C)[C@H]1O. The predicted molar refractivity (Wildman–Crippen MR) is 137 cm³/mol. The van der Waals surface area contributed by atoms with Crippen LogP contribution in [0, 0.1) is 0 Å². The van der Waals surface area contributed by atoms with Crippen LogP contribution in [-0.4, -0.2) is 80.3 Å². The van der Waals surface area contributed by atoms with Crippen molar-refractivity contribution in [3.8, 4) is 0 Å². The Morgan fingerprint density at radius 2 is 1.62 bits per heavy atom. The molecule has 0 bridgehead atoms. The molecule has 0 amide bonds. The molecule has 11 heteroatoms. The third kappa shape index (κ3) is 9.47. The van der Waals surface area contributed by atoms with E-state index in [9.17, 15) is 19.5 Å². The van der Waals surface area contributed by atoms with Crippen molar-refractivity contribution in [2.45, 2.75) is 135 Å². The van der Waals surface area contributed by atoms with E-state index in [-0.39, 0.29) is 6.42 Å². The lowest BCUT2D eigenvalue weighted by molar-refractivity contribution is -0.254. The highest BCUT2D eigenvalue weighted by atomic mass is 28.4. The third-order valence-corrected chi connectivity index (χ3v) is 11.7. The molecule has 0 aromatic rings. The number of carbonyl (C=O) groups excluding carboxylic acids is 3. The molecule has 37 heavy (non-hydrogen) atoms. The molecule has 2 heterocycles. The average molecular weight is 545 g/mol. The van der Waals surface area contributed by atoms with Gasteiger partial charge in [-0.1, -0.05) is 26.8 Å². The van der Waals surface area contributed by atoms with Crippen molar-refractivity contribution in [1.29, 1.82) is 0 Å². The lowest BCUT2D eigenvalue weighted by Gasteiger charge is -2.43. The second kappa shape index (κ2) is 14.4. The summed E-state index contributed by atoms with van der Waals surface area (Å²) in [5, 5.41) is 10.8. The Morgan fingerprint density at radius 1 is 1.00 bits per heavy atom. The highest BCUT2D eigenvalue weighted by Crippen LogP contribution is 2.32. The molecule has 0 radical (unpaired) electrons. The van der Waals surface area contributed by atoms with Gasteiger partial charge in [0.05, 0.1) is 24.7 Å². The van der Waals surface area contributed by atoms with Crippen LogP contribution in [0.4, 0.5) is 0 Å². The molecule has 1 saturated heterocycles. The summed E-state index contributed by atoms with van der Waals surface area (Å²) in [7, 11) is -1.98. The molecular formula is C26H44O10Si. The number of ether oxygens (including phenoxy) is 5. The van der Waals surface area contributed by atoms with E-state index >= 15 is 0 Å². The molecular weight excluding hydrogens is 500 g/mol. The van der Waals surface area contributed by atoms with Crippen LogP contribution in [0.15, 0.2) is 12.2 Å². The topological polar surface area (TPSA) is 127 Å². The van der Waals surface area contributed by atoms with Crippen molar-refractivity contribution in [3.63, 3.8) is 0 Å². The number of esters is 3. The van der Waals surface area contributed by atoms with Crippen LogP contribution in [0.1, 0.15) is 67.7 Å². The average Bonchev–Trinajstić information content (AvgIpc) is 2.81. The highest BCUT2D eigenvalue weighted by molar-refractivity contribution is 6.73. The second-order valence-electron chi connectivity index (χ2n) is 9.92. The maximum Gasteiger partial charge on any atom is 0.309 e. The lowest BCUT2D eigenvalue weighted by Crippen LogP contribution is -2.54. The normalized spacial score (nSPS) is 34.2. The minimum Gasteiger partial charge on any atom is -0.462 e. The van der Waals surface area contributed by atoms with Crippen LogP contribution >= 0.6 is 0 Å². The van der Waals surface area contributed by atoms with Gasteiger partial charge in [-0.2, -0.15) is 0 Å². The lowest BCUT2D eigenvalue weighted by atomic mass is 10.0. The van der Waals surface area contributed by atoms with Gasteiger partial charge in [0, 0.05) is 26.7 Å². The number of rotatable bonds is 9. The Balaban J connectivity index is 2.26. The van der Waals surface area contributed by atoms with Gasteiger partial charge in [0.15, 0.2) is 26.8 Å². The van der Waals surface area contributed by atoms with E-state index in [1.54, 1.807) is 26.0 Å². The van der Waals surface area contributed by atoms with Crippen LogP contribution in [0.3, 0.4) is 0 Å². The fraction of sp³-hybridized carbons (Fsp3) is 0.808. The summed E-state index contributed by atoms with van der Waals surface area (Å²) in [5.41, 5.74) is 0. The van der Waals surface area contributed by atoms with Gasteiger partial charge in [-0.05, 0) is 38.1 Å². The van der Waals surface area contributed by atoms with E-state index in [2.05, 4.69) is 20.8 Å². The van der Waals surface area contributed by atoms with Crippen molar-refractivity contribution < 1.29 is 47.6 Å². The summed E-state index contributed by atoms with van der Waals surface area (Å²) < 4.78 is 34.9. The van der Waals surface area contributed by atoms with E-state index in [4.69, 9.17) is 28.1 Å². The van der Waals surface area contributed by atoms with Crippen molar-refractivity contribution >= 4 is 26.2 Å². The summed E-state index contributed by atoms with van der Waals surface area (Å²) in [6, 6.07) is 2.87. The summed E-state index contributed by atoms with van der Waals surface area (Å²) in [4.78, 5) is 35.8. The molecule has 2 aliphatic rings. The van der Waals surface area contributed by atoms with E-state index in [0.717, 1.165) is 18.1 Å². The number of carbonyl (C=O) groups is 3. The molecule has 2 aliphatic heterocycles. The standard InChI is InChI=1S/C26H44O10Si/c1-8-37(9-2,10-3)36-23-15-25(32-17(5)26(23)30)35-20-11-12-21(33-18(6)27)22(34-19(7)28)14-24(29)31-16(4)13-20/h11-12,16-17,20-23,25-26,30H,8-10,13-15H2,1-7H3/b12-11+/t16-,17+,20-,21+,22+,23+,25+,26-/m1/s1. The van der Waals surface area contributed by atoms with E-state index < -0.39 is 75.2 Å². The summed E-state index contributed by atoms with van der Waals surface area (Å²) in [5.74, 6) is -1.78. The Bertz CT molecular complexity index is 790. The number of aliphatic hydroxyl groups excluding tert-OH is 1. The molecule has 2 rings (SSSR count). The minimum atomic E-state index is -1.98. The largest absolute Gasteiger partial charge is 0.462 e. The number of cyclic esters (lactones) is 1. The van der Waals surface area contributed by atoms with Gasteiger partial charge >= 0.3 is 17.9 Å². The van der Waals surface area contributed by atoms with E-state index in [0.29, 0.717) is 12.8 Å². The summed E-state index contributed by atoms with van der Waals surface area (Å²) in [6.45, 7) is 12.4. The Hall–Kier alpha value is -1.79. The zero-order chi connectivity index (χ0) is 27.8. The summed E-state index contributed by atoms with van der Waals surface area (Å²) in [6.07, 6.45) is -1.76. The molecule has 1 fully saturated rings. The number of hydrogen-bond donors (Lipinski definition) is 1. The minimum absolute atomic E-state index is 0.254. The van der Waals surface area contributed by atoms with Gasteiger partial charge in [0.25, 0.3) is 0 Å². The quantitative estimate of drug-likeness (QED) is 0.200. The van der Waals surface area contributed by atoms with Crippen molar-refractivity contribution in [1.82, 2.24) is 0 Å². The Morgan fingerprint density at radius 3 is 2.19 bits per heavy atom. The molecule has 0 spiro atoms. The molecule has 10 nitrogen and oxygen atoms in total. The first-order valence-corrected chi connectivity index (χ1v) is 15.8. The zero-order valence-corrected chi connectivity index (χ0v) is 24.1. The Kier molecular flexibility index (Phi) is 12.2. The van der Waals surface area contributed by atoms with Gasteiger partial charge in [-0.15, -0.1) is 0 Å². The van der Waals surface area contributed by atoms with E-state index in [1.165, 1.54) is 13.8 Å². The summed E-state index contributed by atoms with van der Waals surface area (Å²) >= 11 is 0. The second-order valence-corrected chi connectivity index (χ2v) is 14.6. The molecule has 0 aromatic carbocycles. The smallest absolute Gasteiger partial charge is 0.309 e. The van der Waals surface area contributed by atoms with Crippen molar-refractivity contribution in [2.75, 3.05) is 0 Å². The maximum atomic E-state index is 12.5. The third-order valence-electron chi connectivity index (χ3n) is 7.08. The molecule has 0 aliphatic carbocycles. The van der Waals surface area contributed by atoms with Gasteiger partial charge in [0.1, 0.15) is 12.2 Å². The highest BCUT2D eigenvalue weighted by Gasteiger charge is 2.42. The van der Waals surface area contributed by atoms with Crippen LogP contribution < -0.4 is 0 Å². The molecule has 212 valence electrons. The van der Waals surface area contributed by atoms with Crippen molar-refractivity contribution in [3.05, 3.63) is 12.2 Å². The molecule has 1 N–H and O–H groups in total.